The third-order valence-corrected chi connectivity index (χ3v) is 4.47. The predicted octanol–water partition coefficient (Wildman–Crippen LogP) is 3.10. The van der Waals surface area contributed by atoms with E-state index in [2.05, 4.69) is 27.7 Å². The molecule has 2 aliphatic rings. The first-order chi connectivity index (χ1) is 7.30. The number of rotatable bonds is 1. The number of ether oxygens (including phenoxy) is 1. The maximum absolute atomic E-state index is 6.20. The van der Waals surface area contributed by atoms with Crippen LogP contribution in [0.3, 0.4) is 0 Å². The smallest absolute Gasteiger partial charge is 0.0665 e. The van der Waals surface area contributed by atoms with Crippen molar-refractivity contribution in [1.29, 1.82) is 0 Å². The molecule has 94 valence electrons. The average molecular weight is 225 g/mol. The van der Waals surface area contributed by atoms with Crippen LogP contribution in [0, 0.1) is 11.8 Å². The highest BCUT2D eigenvalue weighted by Gasteiger charge is 2.49. The van der Waals surface area contributed by atoms with Crippen molar-refractivity contribution in [1.82, 2.24) is 0 Å². The fourth-order valence-electron chi connectivity index (χ4n) is 3.97. The molecule has 1 aliphatic heterocycles. The van der Waals surface area contributed by atoms with Crippen molar-refractivity contribution in [3.8, 4) is 0 Å². The van der Waals surface area contributed by atoms with Crippen molar-refractivity contribution >= 4 is 0 Å². The molecule has 3 atom stereocenters. The summed E-state index contributed by atoms with van der Waals surface area (Å²) in [5.74, 6) is 1.47. The minimum absolute atomic E-state index is 0.0330. The zero-order chi connectivity index (χ0) is 12.0. The van der Waals surface area contributed by atoms with Gasteiger partial charge in [0.05, 0.1) is 11.2 Å². The molecule has 2 fully saturated rings. The molecular weight excluding hydrogens is 198 g/mol. The van der Waals surface area contributed by atoms with E-state index in [4.69, 9.17) is 10.5 Å². The standard InChI is InChI=1S/C14H27NO/c1-13(2)9-12(14(3,4)16-13)10-6-5-7-11(15)8-10/h10-12H,5-9,15H2,1-4H3. The van der Waals surface area contributed by atoms with Gasteiger partial charge in [-0.25, -0.2) is 0 Å². The van der Waals surface area contributed by atoms with Gasteiger partial charge < -0.3 is 10.5 Å². The maximum atomic E-state index is 6.20. The molecule has 2 N–H and O–H groups in total. The zero-order valence-electron chi connectivity index (χ0n) is 11.3. The van der Waals surface area contributed by atoms with Crippen LogP contribution in [0.15, 0.2) is 0 Å². The van der Waals surface area contributed by atoms with E-state index in [0.717, 1.165) is 5.92 Å². The Labute approximate surface area is 99.9 Å². The quantitative estimate of drug-likeness (QED) is 0.744. The Bertz CT molecular complexity index is 259. The molecule has 2 rings (SSSR count). The van der Waals surface area contributed by atoms with E-state index in [-0.39, 0.29) is 11.2 Å². The van der Waals surface area contributed by atoms with Gasteiger partial charge in [0.15, 0.2) is 0 Å². The molecule has 2 nitrogen and oxygen atoms in total. The Hall–Kier alpha value is -0.0800. The lowest BCUT2D eigenvalue weighted by Crippen LogP contribution is -2.38. The monoisotopic (exact) mass is 225 g/mol. The second-order valence-electron chi connectivity index (χ2n) is 6.96. The molecule has 0 aromatic rings. The van der Waals surface area contributed by atoms with Crippen molar-refractivity contribution in [3.05, 3.63) is 0 Å². The van der Waals surface area contributed by atoms with Gasteiger partial charge in [0.1, 0.15) is 0 Å². The van der Waals surface area contributed by atoms with E-state index in [1.54, 1.807) is 0 Å². The molecule has 1 saturated carbocycles. The Morgan fingerprint density at radius 2 is 1.81 bits per heavy atom. The van der Waals surface area contributed by atoms with Crippen LogP contribution in [0.1, 0.15) is 59.8 Å². The van der Waals surface area contributed by atoms with E-state index in [9.17, 15) is 0 Å². The second-order valence-corrected chi connectivity index (χ2v) is 6.96. The first kappa shape index (κ1) is 12.4. The van der Waals surface area contributed by atoms with Gasteiger partial charge in [0.25, 0.3) is 0 Å². The Balaban J connectivity index is 2.08. The highest BCUT2D eigenvalue weighted by Crippen LogP contribution is 2.48. The van der Waals surface area contributed by atoms with Gasteiger partial charge in [0, 0.05) is 6.04 Å². The van der Waals surface area contributed by atoms with Crippen LogP contribution in [0.25, 0.3) is 0 Å². The van der Waals surface area contributed by atoms with Gasteiger partial charge in [-0.05, 0) is 65.2 Å². The lowest BCUT2D eigenvalue weighted by molar-refractivity contribution is -0.0817. The predicted molar refractivity (Wildman–Crippen MR) is 67.3 cm³/mol. The molecule has 0 radical (unpaired) electrons. The van der Waals surface area contributed by atoms with Gasteiger partial charge >= 0.3 is 0 Å². The Morgan fingerprint density at radius 1 is 1.12 bits per heavy atom. The molecule has 1 heterocycles. The molecule has 3 unspecified atom stereocenters. The highest BCUT2D eigenvalue weighted by molar-refractivity contribution is 4.98. The molecule has 1 aliphatic carbocycles. The normalized spacial score (nSPS) is 42.2. The van der Waals surface area contributed by atoms with Crippen LogP contribution in [0.4, 0.5) is 0 Å². The highest BCUT2D eigenvalue weighted by atomic mass is 16.5. The fraction of sp³-hybridized carbons (Fsp3) is 1.00. The third kappa shape index (κ3) is 2.43. The zero-order valence-corrected chi connectivity index (χ0v) is 11.3. The van der Waals surface area contributed by atoms with Crippen LogP contribution < -0.4 is 5.73 Å². The summed E-state index contributed by atoms with van der Waals surface area (Å²) in [7, 11) is 0. The number of hydrogen-bond donors (Lipinski definition) is 1. The SMILES string of the molecule is CC1(C)CC(C2CCCC(N)C2)C(C)(C)O1. The summed E-state index contributed by atoms with van der Waals surface area (Å²) >= 11 is 0. The minimum Gasteiger partial charge on any atom is -0.369 e. The molecule has 0 bridgehead atoms. The fourth-order valence-corrected chi connectivity index (χ4v) is 3.97. The summed E-state index contributed by atoms with van der Waals surface area (Å²) in [5, 5.41) is 0. The first-order valence-corrected chi connectivity index (χ1v) is 6.76. The average Bonchev–Trinajstić information content (AvgIpc) is 2.34. The lowest BCUT2D eigenvalue weighted by Gasteiger charge is -2.37. The van der Waals surface area contributed by atoms with Crippen molar-refractivity contribution in [2.75, 3.05) is 0 Å². The lowest BCUT2D eigenvalue weighted by atomic mass is 9.70. The first-order valence-electron chi connectivity index (χ1n) is 6.76. The second kappa shape index (κ2) is 3.99. The third-order valence-electron chi connectivity index (χ3n) is 4.47. The van der Waals surface area contributed by atoms with Gasteiger partial charge in [-0.2, -0.15) is 0 Å². The Kier molecular flexibility index (Phi) is 3.09. The van der Waals surface area contributed by atoms with Crippen LogP contribution in [0.5, 0.6) is 0 Å². The molecule has 16 heavy (non-hydrogen) atoms. The van der Waals surface area contributed by atoms with E-state index in [1.807, 2.05) is 0 Å². The van der Waals surface area contributed by atoms with Crippen molar-refractivity contribution in [3.63, 3.8) is 0 Å². The molecule has 0 aromatic heterocycles. The Morgan fingerprint density at radius 3 is 2.31 bits per heavy atom. The largest absolute Gasteiger partial charge is 0.369 e. The van der Waals surface area contributed by atoms with E-state index in [0.29, 0.717) is 12.0 Å². The molecular formula is C14H27NO. The summed E-state index contributed by atoms with van der Waals surface area (Å²) in [6.07, 6.45) is 6.26. The molecule has 0 spiro atoms. The molecule has 0 aromatic carbocycles. The summed E-state index contributed by atoms with van der Waals surface area (Å²) in [4.78, 5) is 0. The topological polar surface area (TPSA) is 35.2 Å². The van der Waals surface area contributed by atoms with E-state index in [1.165, 1.54) is 32.1 Å². The summed E-state index contributed by atoms with van der Waals surface area (Å²) in [6, 6.07) is 0.429. The van der Waals surface area contributed by atoms with Crippen molar-refractivity contribution in [2.24, 2.45) is 17.6 Å². The van der Waals surface area contributed by atoms with E-state index < -0.39 is 0 Å². The van der Waals surface area contributed by atoms with E-state index >= 15 is 0 Å². The minimum atomic E-state index is 0.0330. The van der Waals surface area contributed by atoms with Gasteiger partial charge in [-0.1, -0.05) is 6.42 Å². The van der Waals surface area contributed by atoms with Crippen molar-refractivity contribution in [2.45, 2.75) is 77.0 Å². The van der Waals surface area contributed by atoms with Crippen LogP contribution >= 0.6 is 0 Å². The molecule has 0 amide bonds. The van der Waals surface area contributed by atoms with Crippen molar-refractivity contribution < 1.29 is 4.74 Å². The molecule has 2 heteroatoms. The summed E-state index contributed by atoms with van der Waals surface area (Å²) < 4.78 is 6.20. The summed E-state index contributed by atoms with van der Waals surface area (Å²) in [5.41, 5.74) is 6.19. The van der Waals surface area contributed by atoms with Gasteiger partial charge in [-0.15, -0.1) is 0 Å². The summed E-state index contributed by atoms with van der Waals surface area (Å²) in [6.45, 7) is 8.95. The van der Waals surface area contributed by atoms with Crippen LogP contribution in [-0.4, -0.2) is 17.2 Å². The number of nitrogens with two attached hydrogens (primary N) is 1. The molecule has 1 saturated heterocycles. The maximum Gasteiger partial charge on any atom is 0.0665 e. The van der Waals surface area contributed by atoms with Crippen LogP contribution in [-0.2, 0) is 4.74 Å². The van der Waals surface area contributed by atoms with Gasteiger partial charge in [-0.3, -0.25) is 0 Å². The van der Waals surface area contributed by atoms with Gasteiger partial charge in [0.2, 0.25) is 0 Å². The van der Waals surface area contributed by atoms with Crippen LogP contribution in [0.2, 0.25) is 0 Å². The number of hydrogen-bond acceptors (Lipinski definition) is 2.